The number of rotatable bonds is 18. The van der Waals surface area contributed by atoms with Crippen LogP contribution in [0.15, 0.2) is 85.3 Å². The smallest absolute Gasteiger partial charge is 0.313 e. The monoisotopic (exact) mass is 709 g/mol. The van der Waals surface area contributed by atoms with Crippen molar-refractivity contribution in [1.82, 2.24) is 20.2 Å². The molecule has 3 aromatic carbocycles. The Morgan fingerprint density at radius 2 is 1.56 bits per heavy atom. The van der Waals surface area contributed by atoms with E-state index in [-0.39, 0.29) is 35.5 Å². The van der Waals surface area contributed by atoms with E-state index in [2.05, 4.69) is 33.1 Å². The number of hydrogen-bond acceptors (Lipinski definition) is 6. The number of benzene rings is 3. The lowest BCUT2D eigenvalue weighted by Gasteiger charge is -2.29. The van der Waals surface area contributed by atoms with Gasteiger partial charge < -0.3 is 25.3 Å². The van der Waals surface area contributed by atoms with Gasteiger partial charge in [-0.1, -0.05) is 100.0 Å². The summed E-state index contributed by atoms with van der Waals surface area (Å²) < 4.78 is 7.33. The molecule has 0 fully saturated rings. The van der Waals surface area contributed by atoms with Gasteiger partial charge in [-0.25, -0.2) is 4.98 Å². The van der Waals surface area contributed by atoms with Crippen LogP contribution in [0.4, 0.5) is 5.82 Å². The zero-order chi connectivity index (χ0) is 37.7. The first-order valence-electron chi connectivity index (χ1n) is 18.4. The number of aryl methyl sites for hydroxylation is 2. The number of carbonyl (C=O) groups excluding carboxylic acids is 4. The van der Waals surface area contributed by atoms with Gasteiger partial charge >= 0.3 is 5.97 Å². The summed E-state index contributed by atoms with van der Waals surface area (Å²) in [7, 11) is 0. The SMILES string of the molecule is CCOC(=O)C(CCCCn1cnc(NC(=O)[C@@H](CCCc2ccccc2)NC(=O)C(C)(C)NC(=O)CC(C)(C)C)c1)c1ccc2ccccc2c1. The van der Waals surface area contributed by atoms with E-state index >= 15 is 0 Å². The van der Waals surface area contributed by atoms with Crippen LogP contribution in [0.1, 0.15) is 97.1 Å². The minimum atomic E-state index is -1.22. The average Bonchev–Trinajstić information content (AvgIpc) is 3.53. The molecule has 0 spiro atoms. The molecule has 0 aliphatic carbocycles. The normalized spacial score (nSPS) is 12.9. The van der Waals surface area contributed by atoms with Crippen molar-refractivity contribution < 1.29 is 23.9 Å². The number of unbranched alkanes of at least 4 members (excludes halogenated alkanes) is 1. The highest BCUT2D eigenvalue weighted by atomic mass is 16.5. The zero-order valence-electron chi connectivity index (χ0n) is 31.5. The molecule has 1 aromatic heterocycles. The van der Waals surface area contributed by atoms with Crippen LogP contribution in [0, 0.1) is 5.41 Å². The van der Waals surface area contributed by atoms with Gasteiger partial charge in [0, 0.05) is 19.2 Å². The van der Waals surface area contributed by atoms with E-state index in [9.17, 15) is 19.2 Å². The number of amides is 3. The second kappa shape index (κ2) is 18.5. The fourth-order valence-corrected chi connectivity index (χ4v) is 6.18. The molecule has 3 amide bonds. The highest BCUT2D eigenvalue weighted by Gasteiger charge is 2.34. The molecule has 278 valence electrons. The Kier molecular flexibility index (Phi) is 14.1. The molecule has 0 bridgehead atoms. The molecule has 0 saturated carbocycles. The molecule has 0 aliphatic heterocycles. The molecular formula is C42H55N5O5. The first-order valence-corrected chi connectivity index (χ1v) is 18.4. The summed E-state index contributed by atoms with van der Waals surface area (Å²) in [6, 6.07) is 23.4. The largest absolute Gasteiger partial charge is 0.466 e. The maximum absolute atomic E-state index is 13.6. The third kappa shape index (κ3) is 12.4. The van der Waals surface area contributed by atoms with Crippen LogP contribution in [0.25, 0.3) is 10.8 Å². The predicted molar refractivity (Wildman–Crippen MR) is 206 cm³/mol. The van der Waals surface area contributed by atoms with Crippen molar-refractivity contribution in [1.29, 1.82) is 0 Å². The van der Waals surface area contributed by atoms with Crippen molar-refractivity contribution in [3.8, 4) is 0 Å². The second-order valence-corrected chi connectivity index (χ2v) is 15.2. The van der Waals surface area contributed by atoms with Crippen LogP contribution in [0.3, 0.4) is 0 Å². The summed E-state index contributed by atoms with van der Waals surface area (Å²) in [6.45, 7) is 12.0. The summed E-state index contributed by atoms with van der Waals surface area (Å²) >= 11 is 0. The molecule has 10 heteroatoms. The maximum Gasteiger partial charge on any atom is 0.313 e. The lowest BCUT2D eigenvalue weighted by Crippen LogP contribution is -2.58. The third-order valence-corrected chi connectivity index (χ3v) is 8.92. The lowest BCUT2D eigenvalue weighted by atomic mass is 9.91. The Labute approximate surface area is 308 Å². The van der Waals surface area contributed by atoms with E-state index in [1.807, 2.05) is 92.9 Å². The van der Waals surface area contributed by atoms with Crippen molar-refractivity contribution in [2.75, 3.05) is 11.9 Å². The van der Waals surface area contributed by atoms with Crippen LogP contribution in [-0.4, -0.2) is 51.4 Å². The molecule has 1 unspecified atom stereocenters. The Morgan fingerprint density at radius 1 is 0.846 bits per heavy atom. The number of ether oxygens (including phenoxy) is 1. The minimum absolute atomic E-state index is 0.216. The van der Waals surface area contributed by atoms with Crippen LogP contribution in [-0.2, 0) is 36.9 Å². The molecule has 0 radical (unpaired) electrons. The number of carbonyl (C=O) groups is 4. The van der Waals surface area contributed by atoms with Gasteiger partial charge in [0.2, 0.25) is 17.7 Å². The van der Waals surface area contributed by atoms with E-state index in [4.69, 9.17) is 4.74 Å². The van der Waals surface area contributed by atoms with Gasteiger partial charge in [0.05, 0.1) is 18.9 Å². The summed E-state index contributed by atoms with van der Waals surface area (Å²) in [4.78, 5) is 57.0. The number of esters is 1. The van der Waals surface area contributed by atoms with Crippen molar-refractivity contribution in [2.24, 2.45) is 5.41 Å². The summed E-state index contributed by atoms with van der Waals surface area (Å²) in [5.41, 5.74) is 0.642. The predicted octanol–water partition coefficient (Wildman–Crippen LogP) is 7.33. The molecule has 10 nitrogen and oxygen atoms in total. The minimum Gasteiger partial charge on any atom is -0.466 e. The molecule has 4 aromatic rings. The first kappa shape index (κ1) is 39.8. The molecule has 2 atom stereocenters. The fraction of sp³-hybridized carbons (Fsp3) is 0.452. The van der Waals surface area contributed by atoms with E-state index < -0.39 is 17.5 Å². The molecular weight excluding hydrogens is 654 g/mol. The number of anilines is 1. The van der Waals surface area contributed by atoms with E-state index in [1.54, 1.807) is 26.4 Å². The number of aromatic nitrogens is 2. The van der Waals surface area contributed by atoms with Gasteiger partial charge in [0.15, 0.2) is 5.82 Å². The van der Waals surface area contributed by atoms with Gasteiger partial charge in [0.1, 0.15) is 11.6 Å². The Morgan fingerprint density at radius 3 is 2.27 bits per heavy atom. The summed E-state index contributed by atoms with van der Waals surface area (Å²) in [5, 5.41) is 10.8. The molecule has 52 heavy (non-hydrogen) atoms. The first-order chi connectivity index (χ1) is 24.7. The summed E-state index contributed by atoms with van der Waals surface area (Å²) in [5.74, 6) is -1.24. The molecule has 0 saturated heterocycles. The van der Waals surface area contributed by atoms with Crippen molar-refractivity contribution in [2.45, 2.75) is 111 Å². The van der Waals surface area contributed by atoms with Crippen LogP contribution in [0.5, 0.6) is 0 Å². The molecule has 4 rings (SSSR count). The topological polar surface area (TPSA) is 131 Å². The third-order valence-electron chi connectivity index (χ3n) is 8.92. The molecule has 0 aliphatic rings. The number of nitrogens with one attached hydrogen (secondary N) is 3. The number of hydrogen-bond donors (Lipinski definition) is 3. The molecule has 1 heterocycles. The fourth-order valence-electron chi connectivity index (χ4n) is 6.18. The van der Waals surface area contributed by atoms with Gasteiger partial charge in [-0.05, 0) is 80.2 Å². The van der Waals surface area contributed by atoms with Gasteiger partial charge in [0.25, 0.3) is 0 Å². The highest BCUT2D eigenvalue weighted by Crippen LogP contribution is 2.27. The van der Waals surface area contributed by atoms with Gasteiger partial charge in [-0.3, -0.25) is 19.2 Å². The Hall–Kier alpha value is -4.99. The standard InChI is InChI=1S/C42H55N5O5/c1-7-52-39(50)34(33-24-23-31-19-11-12-20-32(31)26-33)21-13-14-25-47-28-36(43-29-47)45-38(49)35(22-15-18-30-16-9-8-10-17-30)44-40(51)42(5,6)46-37(48)27-41(2,3)4/h8-12,16-17,19-20,23-24,26,28-29,34-35H,7,13-15,18,21-22,25,27H2,1-6H3,(H,44,51)(H,45,49)(H,46,48)/t34?,35-/m1/s1. The average molecular weight is 710 g/mol. The van der Waals surface area contributed by atoms with E-state index in [0.29, 0.717) is 38.2 Å². The van der Waals surface area contributed by atoms with Crippen molar-refractivity contribution in [3.63, 3.8) is 0 Å². The summed E-state index contributed by atoms with van der Waals surface area (Å²) in [6.07, 6.45) is 7.74. The number of nitrogens with zero attached hydrogens (tertiary/aromatic N) is 2. The van der Waals surface area contributed by atoms with Crippen LogP contribution in [0.2, 0.25) is 0 Å². The quantitative estimate of drug-likeness (QED) is 0.0733. The molecule has 3 N–H and O–H groups in total. The van der Waals surface area contributed by atoms with E-state index in [0.717, 1.165) is 41.2 Å². The van der Waals surface area contributed by atoms with Gasteiger partial charge in [-0.2, -0.15) is 0 Å². The Balaban J connectivity index is 1.35. The lowest BCUT2D eigenvalue weighted by molar-refractivity contribution is -0.145. The number of fused-ring (bicyclic) bond motifs is 1. The highest BCUT2D eigenvalue weighted by molar-refractivity contribution is 5.99. The van der Waals surface area contributed by atoms with Gasteiger partial charge in [-0.15, -0.1) is 0 Å². The van der Waals surface area contributed by atoms with Crippen molar-refractivity contribution in [3.05, 3.63) is 96.4 Å². The van der Waals surface area contributed by atoms with E-state index in [1.165, 1.54) is 0 Å². The van der Waals surface area contributed by atoms with Crippen molar-refractivity contribution >= 4 is 40.3 Å². The maximum atomic E-state index is 13.6. The van der Waals surface area contributed by atoms with Crippen LogP contribution < -0.4 is 16.0 Å². The van der Waals surface area contributed by atoms with Crippen LogP contribution >= 0.6 is 0 Å². The zero-order valence-corrected chi connectivity index (χ0v) is 31.5. The Bertz CT molecular complexity index is 1790. The number of imidazole rings is 1. The second-order valence-electron chi connectivity index (χ2n) is 15.2.